The van der Waals surface area contributed by atoms with Crippen molar-refractivity contribution in [1.82, 2.24) is 9.97 Å². The highest BCUT2D eigenvalue weighted by atomic mass is 19.1. The maximum atomic E-state index is 13.0. The minimum absolute atomic E-state index is 0.245. The second kappa shape index (κ2) is 4.89. The highest BCUT2D eigenvalue weighted by molar-refractivity contribution is 5.91. The van der Waals surface area contributed by atoms with Crippen LogP contribution in [0.3, 0.4) is 0 Å². The van der Waals surface area contributed by atoms with Crippen molar-refractivity contribution in [3.8, 4) is 0 Å². The summed E-state index contributed by atoms with van der Waals surface area (Å²) < 4.78 is 13.0. The molecule has 0 spiro atoms. The number of fused-ring (bicyclic) bond motifs is 1. The molecule has 3 rings (SSSR count). The SMILES string of the molecule is Cc1nc(N(C)c2ccc(F)cc2)c2ccccc2n1. The van der Waals surface area contributed by atoms with Gasteiger partial charge in [0.15, 0.2) is 0 Å². The van der Waals surface area contributed by atoms with Crippen molar-refractivity contribution >= 4 is 22.4 Å². The number of hydrogen-bond donors (Lipinski definition) is 0. The second-order valence-electron chi connectivity index (χ2n) is 4.65. The van der Waals surface area contributed by atoms with E-state index in [4.69, 9.17) is 0 Å². The molecule has 3 nitrogen and oxygen atoms in total. The average molecular weight is 267 g/mol. The number of anilines is 2. The summed E-state index contributed by atoms with van der Waals surface area (Å²) in [5.41, 5.74) is 1.79. The molecule has 0 unspecified atom stereocenters. The first kappa shape index (κ1) is 12.5. The molecule has 3 aromatic rings. The molecule has 0 N–H and O–H groups in total. The van der Waals surface area contributed by atoms with Gasteiger partial charge in [-0.15, -0.1) is 0 Å². The van der Waals surface area contributed by atoms with E-state index in [1.54, 1.807) is 12.1 Å². The number of nitrogens with zero attached hydrogens (tertiary/aromatic N) is 3. The van der Waals surface area contributed by atoms with Gasteiger partial charge in [0.05, 0.1) is 5.52 Å². The lowest BCUT2D eigenvalue weighted by Crippen LogP contribution is -2.13. The van der Waals surface area contributed by atoms with Gasteiger partial charge in [0.1, 0.15) is 17.5 Å². The molecule has 1 heterocycles. The smallest absolute Gasteiger partial charge is 0.144 e. The molecular weight excluding hydrogens is 253 g/mol. The van der Waals surface area contributed by atoms with Gasteiger partial charge in [-0.1, -0.05) is 12.1 Å². The molecule has 0 bridgehead atoms. The van der Waals surface area contributed by atoms with Crippen LogP contribution in [-0.2, 0) is 0 Å². The molecule has 0 atom stereocenters. The highest BCUT2D eigenvalue weighted by Crippen LogP contribution is 2.28. The molecule has 0 aliphatic carbocycles. The summed E-state index contributed by atoms with van der Waals surface area (Å²) in [6.45, 7) is 1.87. The van der Waals surface area contributed by atoms with Crippen molar-refractivity contribution in [3.63, 3.8) is 0 Å². The molecule has 2 aromatic carbocycles. The maximum absolute atomic E-state index is 13.0. The van der Waals surface area contributed by atoms with Crippen LogP contribution in [0.25, 0.3) is 10.9 Å². The third-order valence-electron chi connectivity index (χ3n) is 3.23. The van der Waals surface area contributed by atoms with E-state index in [-0.39, 0.29) is 5.82 Å². The molecule has 0 aliphatic heterocycles. The Morgan fingerprint density at radius 3 is 2.40 bits per heavy atom. The van der Waals surface area contributed by atoms with Gasteiger partial charge < -0.3 is 4.90 Å². The maximum Gasteiger partial charge on any atom is 0.144 e. The molecule has 0 amide bonds. The van der Waals surface area contributed by atoms with Crippen molar-refractivity contribution in [3.05, 3.63) is 60.2 Å². The van der Waals surface area contributed by atoms with Crippen molar-refractivity contribution < 1.29 is 4.39 Å². The molecule has 0 saturated carbocycles. The van der Waals surface area contributed by atoms with E-state index < -0.39 is 0 Å². The van der Waals surface area contributed by atoms with Gasteiger partial charge in [0, 0.05) is 18.1 Å². The van der Waals surface area contributed by atoms with E-state index in [2.05, 4.69) is 9.97 Å². The van der Waals surface area contributed by atoms with E-state index in [1.807, 2.05) is 43.1 Å². The summed E-state index contributed by atoms with van der Waals surface area (Å²) in [5, 5.41) is 0.977. The Morgan fingerprint density at radius 1 is 0.950 bits per heavy atom. The quantitative estimate of drug-likeness (QED) is 0.706. The number of benzene rings is 2. The molecule has 0 fully saturated rings. The summed E-state index contributed by atoms with van der Waals surface area (Å²) in [6.07, 6.45) is 0. The lowest BCUT2D eigenvalue weighted by Gasteiger charge is -2.20. The van der Waals surface area contributed by atoms with Crippen molar-refractivity contribution in [2.24, 2.45) is 0 Å². The Bertz CT molecular complexity index is 753. The van der Waals surface area contributed by atoms with Gasteiger partial charge in [0.2, 0.25) is 0 Å². The van der Waals surface area contributed by atoms with E-state index in [1.165, 1.54) is 12.1 Å². The summed E-state index contributed by atoms with van der Waals surface area (Å²) in [6, 6.07) is 14.2. The van der Waals surface area contributed by atoms with Crippen LogP contribution in [0.2, 0.25) is 0 Å². The lowest BCUT2D eigenvalue weighted by atomic mass is 10.2. The second-order valence-corrected chi connectivity index (χ2v) is 4.65. The third kappa shape index (κ3) is 2.20. The van der Waals surface area contributed by atoms with E-state index in [0.717, 1.165) is 22.4 Å². The monoisotopic (exact) mass is 267 g/mol. The fourth-order valence-corrected chi connectivity index (χ4v) is 2.22. The number of para-hydroxylation sites is 1. The Kier molecular flexibility index (Phi) is 3.06. The zero-order chi connectivity index (χ0) is 14.1. The first-order chi connectivity index (χ1) is 9.65. The van der Waals surface area contributed by atoms with Gasteiger partial charge >= 0.3 is 0 Å². The number of rotatable bonds is 2. The van der Waals surface area contributed by atoms with E-state index in [0.29, 0.717) is 5.82 Å². The van der Waals surface area contributed by atoms with Crippen molar-refractivity contribution in [2.45, 2.75) is 6.92 Å². The molecule has 20 heavy (non-hydrogen) atoms. The predicted molar refractivity (Wildman–Crippen MR) is 78.7 cm³/mol. The average Bonchev–Trinajstić information content (AvgIpc) is 2.46. The van der Waals surface area contributed by atoms with Crippen LogP contribution in [-0.4, -0.2) is 17.0 Å². The van der Waals surface area contributed by atoms with Gasteiger partial charge in [-0.3, -0.25) is 0 Å². The molecule has 1 aromatic heterocycles. The number of halogens is 1. The highest BCUT2D eigenvalue weighted by Gasteiger charge is 2.11. The zero-order valence-corrected chi connectivity index (χ0v) is 11.3. The van der Waals surface area contributed by atoms with Crippen LogP contribution in [0.1, 0.15) is 5.82 Å². The molecule has 0 aliphatic rings. The van der Waals surface area contributed by atoms with Gasteiger partial charge in [-0.25, -0.2) is 14.4 Å². The van der Waals surface area contributed by atoms with Crippen LogP contribution in [0.4, 0.5) is 15.9 Å². The number of aryl methyl sites for hydroxylation is 1. The van der Waals surface area contributed by atoms with Crippen LogP contribution in [0, 0.1) is 12.7 Å². The Morgan fingerprint density at radius 2 is 1.65 bits per heavy atom. The number of aromatic nitrogens is 2. The van der Waals surface area contributed by atoms with Gasteiger partial charge in [-0.2, -0.15) is 0 Å². The summed E-state index contributed by atoms with van der Waals surface area (Å²) >= 11 is 0. The van der Waals surface area contributed by atoms with Gasteiger partial charge in [-0.05, 0) is 43.3 Å². The largest absolute Gasteiger partial charge is 0.329 e. The molecule has 4 heteroatoms. The Labute approximate surface area is 116 Å². The minimum atomic E-state index is -0.245. The van der Waals surface area contributed by atoms with E-state index in [9.17, 15) is 4.39 Å². The molecular formula is C16H14FN3. The Hall–Kier alpha value is -2.49. The summed E-state index contributed by atoms with van der Waals surface area (Å²) in [4.78, 5) is 10.9. The van der Waals surface area contributed by atoms with Crippen LogP contribution < -0.4 is 4.90 Å². The predicted octanol–water partition coefficient (Wildman–Crippen LogP) is 3.85. The third-order valence-corrected chi connectivity index (χ3v) is 3.23. The van der Waals surface area contributed by atoms with Crippen LogP contribution in [0.5, 0.6) is 0 Å². The normalized spacial score (nSPS) is 10.8. The van der Waals surface area contributed by atoms with Crippen LogP contribution >= 0.6 is 0 Å². The summed E-state index contributed by atoms with van der Waals surface area (Å²) in [5.74, 6) is 1.29. The fourth-order valence-electron chi connectivity index (χ4n) is 2.22. The standard InChI is InChI=1S/C16H14FN3/c1-11-18-15-6-4-3-5-14(15)16(19-11)20(2)13-9-7-12(17)8-10-13/h3-10H,1-2H3. The van der Waals surface area contributed by atoms with Crippen molar-refractivity contribution in [1.29, 1.82) is 0 Å². The van der Waals surface area contributed by atoms with E-state index >= 15 is 0 Å². The molecule has 0 radical (unpaired) electrons. The molecule has 0 saturated heterocycles. The topological polar surface area (TPSA) is 29.0 Å². The number of hydrogen-bond acceptors (Lipinski definition) is 3. The minimum Gasteiger partial charge on any atom is -0.329 e. The first-order valence-corrected chi connectivity index (χ1v) is 6.38. The zero-order valence-electron chi connectivity index (χ0n) is 11.3. The summed E-state index contributed by atoms with van der Waals surface area (Å²) in [7, 11) is 1.92. The van der Waals surface area contributed by atoms with Crippen molar-refractivity contribution in [2.75, 3.05) is 11.9 Å². The van der Waals surface area contributed by atoms with Crippen LogP contribution in [0.15, 0.2) is 48.5 Å². The molecule has 100 valence electrons. The Balaban J connectivity index is 2.15. The first-order valence-electron chi connectivity index (χ1n) is 6.38. The van der Waals surface area contributed by atoms with Gasteiger partial charge in [0.25, 0.3) is 0 Å². The fraction of sp³-hybridized carbons (Fsp3) is 0.125. The lowest BCUT2D eigenvalue weighted by molar-refractivity contribution is 0.628.